The molecule has 0 saturated heterocycles. The van der Waals surface area contributed by atoms with Crippen LogP contribution in [0.2, 0.25) is 0 Å². The van der Waals surface area contributed by atoms with Crippen LogP contribution in [0.4, 0.5) is 0 Å². The molecule has 0 saturated carbocycles. The first-order valence-electron chi connectivity index (χ1n) is 15.7. The van der Waals surface area contributed by atoms with Crippen molar-refractivity contribution in [2.24, 2.45) is 0 Å². The van der Waals surface area contributed by atoms with Crippen molar-refractivity contribution in [2.75, 3.05) is 34.2 Å². The van der Waals surface area contributed by atoms with Crippen LogP contribution in [-0.2, 0) is 17.1 Å². The molecule has 0 radical (unpaired) electrons. The van der Waals surface area contributed by atoms with Crippen molar-refractivity contribution in [3.8, 4) is 0 Å². The van der Waals surface area contributed by atoms with Gasteiger partial charge in [-0.1, -0.05) is 139 Å². The Labute approximate surface area is 289 Å². The molecule has 0 aliphatic carbocycles. The second kappa shape index (κ2) is 18.3. The standard InChI is InChI=1S/C24H30N2P.C17H14P.Fe/c1-20(26(4)19-18-25(2)3)23-16-11-17-24(23)27(21-12-7-5-8-13-21)22-14-9-6-10-15-22;1-3-9-15(10-4-1)18(17-13-7-8-14-17)16-11-5-2-6-12-16;/h5-17,20H,18-19H2,1-4H3;1-14H;/q-1;-5;/t20-;;/m1../s1. The third-order valence-corrected chi connectivity index (χ3v) is 13.0. The summed E-state index contributed by atoms with van der Waals surface area (Å²) in [6.07, 6.45) is 0. The predicted molar refractivity (Wildman–Crippen MR) is 201 cm³/mol. The van der Waals surface area contributed by atoms with E-state index in [1.54, 1.807) is 0 Å². The zero-order chi connectivity index (χ0) is 31.4. The van der Waals surface area contributed by atoms with E-state index in [0.29, 0.717) is 6.04 Å². The first kappa shape index (κ1) is 35.7. The van der Waals surface area contributed by atoms with Gasteiger partial charge in [0.05, 0.1) is 0 Å². The van der Waals surface area contributed by atoms with E-state index in [4.69, 9.17) is 0 Å². The van der Waals surface area contributed by atoms with Crippen LogP contribution >= 0.6 is 15.8 Å². The Morgan fingerprint density at radius 2 is 1.02 bits per heavy atom. The Bertz CT molecular complexity index is 1570. The van der Waals surface area contributed by atoms with Gasteiger partial charge in [-0.15, -0.1) is 10.9 Å². The van der Waals surface area contributed by atoms with Gasteiger partial charge < -0.3 is 39.4 Å². The number of likely N-dealkylation sites (N-methyl/N-ethyl adjacent to an activating group) is 2. The van der Waals surface area contributed by atoms with Gasteiger partial charge in [-0.25, -0.2) is 20.1 Å². The Morgan fingerprint density at radius 1 is 0.587 bits per heavy atom. The summed E-state index contributed by atoms with van der Waals surface area (Å²) in [6, 6.07) is 59.4. The van der Waals surface area contributed by atoms with Crippen LogP contribution in [0.1, 0.15) is 18.5 Å². The summed E-state index contributed by atoms with van der Waals surface area (Å²) in [4.78, 5) is 4.71. The normalized spacial score (nSPS) is 11.7. The summed E-state index contributed by atoms with van der Waals surface area (Å²) in [5.41, 5.74) is 1.45. The maximum absolute atomic E-state index is 2.46. The number of nitrogens with zero attached hydrogens (tertiary/aromatic N) is 2. The van der Waals surface area contributed by atoms with Crippen LogP contribution in [0.5, 0.6) is 0 Å². The molecular weight excluding hydrogens is 638 g/mol. The largest absolute Gasteiger partial charge is 0.747 e. The van der Waals surface area contributed by atoms with Crippen molar-refractivity contribution < 1.29 is 17.1 Å². The molecule has 6 aromatic rings. The molecule has 0 aliphatic heterocycles. The van der Waals surface area contributed by atoms with E-state index in [1.165, 1.54) is 37.4 Å². The van der Waals surface area contributed by atoms with Gasteiger partial charge in [0.15, 0.2) is 0 Å². The van der Waals surface area contributed by atoms with Crippen LogP contribution in [0, 0.1) is 0 Å². The molecule has 0 unspecified atom stereocenters. The summed E-state index contributed by atoms with van der Waals surface area (Å²) < 4.78 is 0. The number of rotatable bonds is 11. The van der Waals surface area contributed by atoms with Crippen LogP contribution in [0.15, 0.2) is 164 Å². The molecule has 0 N–H and O–H groups in total. The molecule has 0 heterocycles. The Kier molecular flexibility index (Phi) is 14.2. The Morgan fingerprint density at radius 3 is 1.46 bits per heavy atom. The van der Waals surface area contributed by atoms with Gasteiger partial charge in [-0.3, -0.25) is 0 Å². The van der Waals surface area contributed by atoms with E-state index in [2.05, 4.69) is 202 Å². The van der Waals surface area contributed by atoms with Crippen LogP contribution in [-0.4, -0.2) is 44.0 Å². The molecule has 5 heteroatoms. The molecule has 2 nitrogen and oxygen atoms in total. The van der Waals surface area contributed by atoms with E-state index < -0.39 is 15.8 Å². The van der Waals surface area contributed by atoms with E-state index in [-0.39, 0.29) is 17.1 Å². The van der Waals surface area contributed by atoms with Crippen molar-refractivity contribution in [3.05, 3.63) is 169 Å². The fourth-order valence-corrected chi connectivity index (χ4v) is 10.3. The fraction of sp³-hybridized carbons (Fsp3) is 0.171. The summed E-state index contributed by atoms with van der Waals surface area (Å²) >= 11 is 0. The minimum absolute atomic E-state index is 0. The van der Waals surface area contributed by atoms with Gasteiger partial charge in [-0.05, 0) is 45.7 Å². The molecule has 0 aliphatic rings. The summed E-state index contributed by atoms with van der Waals surface area (Å²) in [7, 11) is 5.55. The van der Waals surface area contributed by atoms with Gasteiger partial charge in [0.2, 0.25) is 0 Å². The summed E-state index contributed by atoms with van der Waals surface area (Å²) in [5.74, 6) is 0. The SMILES string of the molecule is C[C@H]([c-]1cccc1P(c1ccccc1)c1ccccc1)N(C)CCN(C)C.[Fe].c1ccc(P(c2ccccc2)[c-]2[cH-][cH-][cH-][cH-]2)cc1. The van der Waals surface area contributed by atoms with E-state index in [1.807, 2.05) is 0 Å². The second-order valence-electron chi connectivity index (χ2n) is 11.5. The zero-order valence-corrected chi connectivity index (χ0v) is 30.1. The molecule has 1 atom stereocenters. The van der Waals surface area contributed by atoms with Gasteiger partial charge in [0.1, 0.15) is 0 Å². The van der Waals surface area contributed by atoms with Gasteiger partial charge in [0.25, 0.3) is 0 Å². The third kappa shape index (κ3) is 9.46. The minimum Gasteiger partial charge on any atom is -0.747 e. The quantitative estimate of drug-likeness (QED) is 0.0836. The maximum Gasteiger partial charge on any atom is 0.0103 e. The van der Waals surface area contributed by atoms with Crippen LogP contribution < -0.4 is 31.8 Å². The van der Waals surface area contributed by atoms with E-state index in [9.17, 15) is 0 Å². The second-order valence-corrected chi connectivity index (χ2v) is 15.9. The first-order chi connectivity index (χ1) is 22.0. The molecule has 242 valence electrons. The van der Waals surface area contributed by atoms with Crippen molar-refractivity contribution >= 4 is 47.7 Å². The van der Waals surface area contributed by atoms with Gasteiger partial charge in [-0.2, -0.15) is 6.07 Å². The van der Waals surface area contributed by atoms with E-state index in [0.717, 1.165) is 13.1 Å². The summed E-state index contributed by atoms with van der Waals surface area (Å²) in [6.45, 7) is 4.47. The number of hydrogen-bond acceptors (Lipinski definition) is 2. The molecule has 46 heavy (non-hydrogen) atoms. The smallest absolute Gasteiger partial charge is 0.0103 e. The molecule has 6 rings (SSSR count). The predicted octanol–water partition coefficient (Wildman–Crippen LogP) is 6.88. The maximum atomic E-state index is 2.46. The van der Waals surface area contributed by atoms with Crippen molar-refractivity contribution in [1.29, 1.82) is 0 Å². The van der Waals surface area contributed by atoms with Crippen LogP contribution in [0.3, 0.4) is 0 Å². The molecule has 0 spiro atoms. The summed E-state index contributed by atoms with van der Waals surface area (Å²) in [5, 5.41) is 8.53. The molecular formula is C41H44FeN2P2-6. The average molecular weight is 683 g/mol. The molecule has 0 bridgehead atoms. The molecule has 6 aromatic carbocycles. The Hall–Kier alpha value is -3.12. The zero-order valence-electron chi connectivity index (χ0n) is 27.2. The topological polar surface area (TPSA) is 6.48 Å². The van der Waals surface area contributed by atoms with E-state index >= 15 is 0 Å². The molecule has 0 amide bonds. The number of hydrogen-bond donors (Lipinski definition) is 0. The van der Waals surface area contributed by atoms with Crippen molar-refractivity contribution in [1.82, 2.24) is 9.80 Å². The average Bonchev–Trinajstić information content (AvgIpc) is 3.79. The van der Waals surface area contributed by atoms with Crippen LogP contribution in [0.25, 0.3) is 0 Å². The fourth-order valence-electron chi connectivity index (χ4n) is 5.47. The Balaban J connectivity index is 0.000000220. The molecule has 0 fully saturated rings. The molecule has 0 aromatic heterocycles. The van der Waals surface area contributed by atoms with Gasteiger partial charge >= 0.3 is 0 Å². The third-order valence-electron chi connectivity index (χ3n) is 8.04. The van der Waals surface area contributed by atoms with Gasteiger partial charge in [0, 0.05) is 30.2 Å². The monoisotopic (exact) mass is 682 g/mol. The first-order valence-corrected chi connectivity index (χ1v) is 18.3. The number of benzene rings is 4. The minimum atomic E-state index is -0.546. The van der Waals surface area contributed by atoms with Crippen molar-refractivity contribution in [2.45, 2.75) is 13.0 Å². The van der Waals surface area contributed by atoms with Crippen molar-refractivity contribution in [3.63, 3.8) is 0 Å².